The fraction of sp³-hybridized carbons (Fsp3) is 0.650. The molecule has 3 heteroatoms. The van der Waals surface area contributed by atoms with E-state index in [4.69, 9.17) is 0 Å². The molecule has 1 aromatic carbocycles. The molecule has 2 aliphatic carbocycles. The van der Waals surface area contributed by atoms with Gasteiger partial charge in [0, 0.05) is 18.2 Å². The minimum Gasteiger partial charge on any atom is -0.349 e. The third kappa shape index (κ3) is 3.45. The molecule has 4 rings (SSSR count). The smallest absolute Gasteiger partial charge is 0.251 e. The summed E-state index contributed by atoms with van der Waals surface area (Å²) in [6.45, 7) is 3.45. The fourth-order valence-corrected chi connectivity index (χ4v) is 4.81. The van der Waals surface area contributed by atoms with E-state index in [1.165, 1.54) is 63.6 Å². The van der Waals surface area contributed by atoms with Gasteiger partial charge in [-0.2, -0.15) is 0 Å². The van der Waals surface area contributed by atoms with Gasteiger partial charge < -0.3 is 5.32 Å². The highest BCUT2D eigenvalue weighted by molar-refractivity contribution is 5.94. The van der Waals surface area contributed by atoms with Crippen LogP contribution in [0.1, 0.15) is 60.9 Å². The van der Waals surface area contributed by atoms with Crippen LogP contribution in [0, 0.1) is 11.8 Å². The number of nitrogens with zero attached hydrogens (tertiary/aromatic N) is 1. The molecule has 3 nitrogen and oxygen atoms in total. The minimum atomic E-state index is 0.118. The maximum Gasteiger partial charge on any atom is 0.251 e. The van der Waals surface area contributed by atoms with Crippen LogP contribution in [0.5, 0.6) is 0 Å². The number of carbonyl (C=O) groups excluding carboxylic acids is 1. The second kappa shape index (κ2) is 6.64. The summed E-state index contributed by atoms with van der Waals surface area (Å²) in [7, 11) is 0. The zero-order valence-corrected chi connectivity index (χ0v) is 14.0. The first kappa shape index (κ1) is 15.2. The van der Waals surface area contributed by atoms with Crippen LogP contribution in [-0.2, 0) is 6.54 Å². The molecule has 124 valence electrons. The Morgan fingerprint density at radius 1 is 1.04 bits per heavy atom. The summed E-state index contributed by atoms with van der Waals surface area (Å²) in [5.41, 5.74) is 2.14. The summed E-state index contributed by atoms with van der Waals surface area (Å²) in [5, 5.41) is 3.28. The lowest BCUT2D eigenvalue weighted by molar-refractivity contribution is 0.0923. The number of carbonyl (C=O) groups is 1. The average Bonchev–Trinajstić information content (AvgIpc) is 3.19. The number of amides is 1. The van der Waals surface area contributed by atoms with Crippen molar-refractivity contribution < 1.29 is 4.79 Å². The molecular formula is C20H28N2O. The van der Waals surface area contributed by atoms with E-state index in [2.05, 4.69) is 22.3 Å². The molecule has 0 radical (unpaired) electrons. The van der Waals surface area contributed by atoms with Gasteiger partial charge in [-0.15, -0.1) is 0 Å². The van der Waals surface area contributed by atoms with Gasteiger partial charge >= 0.3 is 0 Å². The number of fused-ring (bicyclic) bond motifs is 2. The topological polar surface area (TPSA) is 32.3 Å². The molecular weight excluding hydrogens is 284 g/mol. The highest BCUT2D eigenvalue weighted by atomic mass is 16.1. The molecule has 0 spiro atoms. The van der Waals surface area contributed by atoms with E-state index in [9.17, 15) is 4.79 Å². The number of nitrogens with one attached hydrogen (secondary N) is 1. The summed E-state index contributed by atoms with van der Waals surface area (Å²) in [6, 6.07) is 8.69. The summed E-state index contributed by atoms with van der Waals surface area (Å²) in [5.74, 6) is 1.73. The van der Waals surface area contributed by atoms with Crippen molar-refractivity contribution in [2.45, 2.75) is 57.5 Å². The van der Waals surface area contributed by atoms with Gasteiger partial charge in [0.1, 0.15) is 0 Å². The lowest BCUT2D eigenvalue weighted by Crippen LogP contribution is -2.38. The van der Waals surface area contributed by atoms with Gasteiger partial charge in [-0.1, -0.05) is 25.0 Å². The quantitative estimate of drug-likeness (QED) is 0.921. The maximum absolute atomic E-state index is 12.5. The Bertz CT molecular complexity index is 547. The standard InChI is InChI=1S/C20H28N2O/c23-20(21-19-13-16-6-9-18(19)12-16)17-7-4-15(5-8-17)14-22-10-2-1-3-11-22/h4-5,7-8,16,18-19H,1-3,6,9-14H2,(H,21,23)/t16-,18-,19+/m0/s1. The summed E-state index contributed by atoms with van der Waals surface area (Å²) in [4.78, 5) is 15.0. The van der Waals surface area contributed by atoms with E-state index in [1.54, 1.807) is 0 Å². The Labute approximate surface area is 139 Å². The Morgan fingerprint density at radius 2 is 1.83 bits per heavy atom. The van der Waals surface area contributed by atoms with Crippen molar-refractivity contribution in [1.29, 1.82) is 0 Å². The number of benzene rings is 1. The third-order valence-corrected chi connectivity index (χ3v) is 6.13. The highest BCUT2D eigenvalue weighted by Gasteiger charge is 2.40. The van der Waals surface area contributed by atoms with Crippen LogP contribution < -0.4 is 5.32 Å². The maximum atomic E-state index is 12.5. The second-order valence-corrected chi connectivity index (χ2v) is 7.79. The molecule has 3 fully saturated rings. The SMILES string of the molecule is O=C(N[C@@H]1C[C@H]2CC[C@H]1C2)c1ccc(CN2CCCCC2)cc1. The zero-order valence-electron chi connectivity index (χ0n) is 14.0. The van der Waals surface area contributed by atoms with Gasteiger partial charge in [-0.3, -0.25) is 9.69 Å². The number of rotatable bonds is 4. The molecule has 1 aromatic rings. The van der Waals surface area contributed by atoms with E-state index in [-0.39, 0.29) is 5.91 Å². The molecule has 3 aliphatic rings. The Balaban J connectivity index is 1.33. The van der Waals surface area contributed by atoms with E-state index >= 15 is 0 Å². The van der Waals surface area contributed by atoms with Crippen molar-refractivity contribution in [2.24, 2.45) is 11.8 Å². The first-order chi connectivity index (χ1) is 11.3. The first-order valence-corrected chi connectivity index (χ1v) is 9.40. The summed E-state index contributed by atoms with van der Waals surface area (Å²) >= 11 is 0. The molecule has 2 bridgehead atoms. The predicted molar refractivity (Wildman–Crippen MR) is 92.3 cm³/mol. The fourth-order valence-electron chi connectivity index (χ4n) is 4.81. The van der Waals surface area contributed by atoms with Gasteiger partial charge in [0.25, 0.3) is 5.91 Å². The lowest BCUT2D eigenvalue weighted by atomic mass is 9.95. The average molecular weight is 312 g/mol. The number of hydrogen-bond donors (Lipinski definition) is 1. The number of hydrogen-bond acceptors (Lipinski definition) is 2. The Morgan fingerprint density at radius 3 is 2.48 bits per heavy atom. The molecule has 1 heterocycles. The van der Waals surface area contributed by atoms with Crippen LogP contribution in [0.25, 0.3) is 0 Å². The van der Waals surface area contributed by atoms with Crippen LogP contribution in [0.4, 0.5) is 0 Å². The third-order valence-electron chi connectivity index (χ3n) is 6.13. The highest BCUT2D eigenvalue weighted by Crippen LogP contribution is 2.44. The van der Waals surface area contributed by atoms with Crippen LogP contribution >= 0.6 is 0 Å². The second-order valence-electron chi connectivity index (χ2n) is 7.79. The number of likely N-dealkylation sites (tertiary alicyclic amines) is 1. The monoisotopic (exact) mass is 312 g/mol. The van der Waals surface area contributed by atoms with E-state index < -0.39 is 0 Å². The van der Waals surface area contributed by atoms with E-state index in [1.807, 2.05) is 12.1 Å². The largest absolute Gasteiger partial charge is 0.349 e. The van der Waals surface area contributed by atoms with Crippen LogP contribution in [-0.4, -0.2) is 29.9 Å². The molecule has 2 saturated carbocycles. The van der Waals surface area contributed by atoms with Crippen LogP contribution in [0.2, 0.25) is 0 Å². The number of piperidine rings is 1. The molecule has 1 saturated heterocycles. The first-order valence-electron chi connectivity index (χ1n) is 9.40. The van der Waals surface area contributed by atoms with E-state index in [0.29, 0.717) is 6.04 Å². The van der Waals surface area contributed by atoms with Crippen LogP contribution in [0.3, 0.4) is 0 Å². The zero-order chi connectivity index (χ0) is 15.6. The van der Waals surface area contributed by atoms with Crippen molar-refractivity contribution in [3.8, 4) is 0 Å². The minimum absolute atomic E-state index is 0.118. The van der Waals surface area contributed by atoms with Gasteiger partial charge in [0.2, 0.25) is 0 Å². The summed E-state index contributed by atoms with van der Waals surface area (Å²) in [6.07, 6.45) is 9.24. The predicted octanol–water partition coefficient (Wildman–Crippen LogP) is 3.59. The molecule has 1 amide bonds. The lowest BCUT2D eigenvalue weighted by Gasteiger charge is -2.26. The Kier molecular flexibility index (Phi) is 4.39. The molecule has 1 aliphatic heterocycles. The molecule has 3 atom stereocenters. The van der Waals surface area contributed by atoms with Crippen molar-refractivity contribution >= 4 is 5.91 Å². The van der Waals surface area contributed by atoms with Gasteiger partial charge in [0.05, 0.1) is 0 Å². The molecule has 23 heavy (non-hydrogen) atoms. The van der Waals surface area contributed by atoms with Crippen molar-refractivity contribution in [1.82, 2.24) is 10.2 Å². The molecule has 1 N–H and O–H groups in total. The van der Waals surface area contributed by atoms with Crippen molar-refractivity contribution in [3.63, 3.8) is 0 Å². The van der Waals surface area contributed by atoms with Gasteiger partial charge in [-0.05, 0) is 74.7 Å². The van der Waals surface area contributed by atoms with Crippen LogP contribution in [0.15, 0.2) is 24.3 Å². The molecule has 0 aromatic heterocycles. The summed E-state index contributed by atoms with van der Waals surface area (Å²) < 4.78 is 0. The van der Waals surface area contributed by atoms with Gasteiger partial charge in [-0.25, -0.2) is 0 Å². The Hall–Kier alpha value is -1.35. The normalized spacial score (nSPS) is 30.5. The van der Waals surface area contributed by atoms with Crippen molar-refractivity contribution in [2.75, 3.05) is 13.1 Å². The van der Waals surface area contributed by atoms with E-state index in [0.717, 1.165) is 23.9 Å². The van der Waals surface area contributed by atoms with Gasteiger partial charge in [0.15, 0.2) is 0 Å². The molecule has 0 unspecified atom stereocenters. The van der Waals surface area contributed by atoms with Crippen molar-refractivity contribution in [3.05, 3.63) is 35.4 Å².